The van der Waals surface area contributed by atoms with Crippen molar-refractivity contribution in [3.05, 3.63) is 65.7 Å². The lowest BCUT2D eigenvalue weighted by Gasteiger charge is -2.38. The van der Waals surface area contributed by atoms with Gasteiger partial charge in [0.05, 0.1) is 5.56 Å². The molecule has 2 amide bonds. The molecular weight excluding hydrogens is 530 g/mol. The van der Waals surface area contributed by atoms with Crippen molar-refractivity contribution < 1.29 is 18.0 Å². The van der Waals surface area contributed by atoms with E-state index >= 15 is 0 Å². The average molecular weight is 559 g/mol. The Morgan fingerprint density at radius 3 is 2.44 bits per heavy atom. The summed E-state index contributed by atoms with van der Waals surface area (Å²) in [7, 11) is 0. The van der Waals surface area contributed by atoms with Crippen LogP contribution in [0.1, 0.15) is 36.8 Å². The Labute approximate surface area is 201 Å². The van der Waals surface area contributed by atoms with E-state index in [9.17, 15) is 18.0 Å². The van der Waals surface area contributed by atoms with Crippen LogP contribution in [0, 0.1) is 0 Å². The molecule has 2 aromatic rings. The molecule has 8 heteroatoms. The minimum Gasteiger partial charge on any atom is -0.317 e. The van der Waals surface area contributed by atoms with Gasteiger partial charge in [-0.3, -0.25) is 0 Å². The van der Waals surface area contributed by atoms with Gasteiger partial charge < -0.3 is 15.1 Å². The molecular formula is C24H29F3IN3O. The molecule has 1 N–H and O–H groups in total. The summed E-state index contributed by atoms with van der Waals surface area (Å²) in [6, 6.07) is 14.2. The molecule has 1 fully saturated rings. The fourth-order valence-corrected chi connectivity index (χ4v) is 4.54. The molecule has 0 saturated carbocycles. The van der Waals surface area contributed by atoms with Crippen molar-refractivity contribution in [2.24, 2.45) is 0 Å². The number of urea groups is 1. The second-order valence-electron chi connectivity index (χ2n) is 8.09. The number of rotatable bonds is 8. The fraction of sp³-hybridized carbons (Fsp3) is 0.458. The zero-order valence-electron chi connectivity index (χ0n) is 18.0. The predicted octanol–water partition coefficient (Wildman–Crippen LogP) is 6.42. The van der Waals surface area contributed by atoms with Gasteiger partial charge in [0.15, 0.2) is 0 Å². The number of halogens is 4. The van der Waals surface area contributed by atoms with Crippen LogP contribution in [0.4, 0.5) is 23.7 Å². The van der Waals surface area contributed by atoms with Crippen LogP contribution in [0.25, 0.3) is 0 Å². The van der Waals surface area contributed by atoms with E-state index in [1.54, 1.807) is 4.90 Å². The topological polar surface area (TPSA) is 35.6 Å². The molecule has 0 aliphatic carbocycles. The molecule has 0 aromatic heterocycles. The first-order valence-corrected chi connectivity index (χ1v) is 12.5. The summed E-state index contributed by atoms with van der Waals surface area (Å²) < 4.78 is 40.3. The number of hydrogen-bond acceptors (Lipinski definition) is 2. The molecule has 1 heterocycles. The van der Waals surface area contributed by atoms with Crippen molar-refractivity contribution in [3.63, 3.8) is 0 Å². The number of carbonyl (C=O) groups excluding carboxylic acids is 1. The van der Waals surface area contributed by atoms with Gasteiger partial charge in [-0.05, 0) is 60.4 Å². The van der Waals surface area contributed by atoms with Crippen LogP contribution in [-0.2, 0) is 12.7 Å². The quantitative estimate of drug-likeness (QED) is 0.230. The molecule has 174 valence electrons. The molecule has 0 spiro atoms. The number of likely N-dealkylation sites (tertiary alicyclic amines) is 1. The van der Waals surface area contributed by atoms with Crippen LogP contribution in [-0.4, -0.2) is 45.9 Å². The van der Waals surface area contributed by atoms with E-state index in [1.807, 2.05) is 30.3 Å². The van der Waals surface area contributed by atoms with Crippen LogP contribution in [0.15, 0.2) is 54.6 Å². The number of anilines is 1. The average Bonchev–Trinajstić information content (AvgIpc) is 2.78. The third-order valence-corrected chi connectivity index (χ3v) is 6.52. The van der Waals surface area contributed by atoms with Gasteiger partial charge >= 0.3 is 12.2 Å². The second kappa shape index (κ2) is 11.9. The van der Waals surface area contributed by atoms with E-state index in [0.29, 0.717) is 6.54 Å². The van der Waals surface area contributed by atoms with Gasteiger partial charge in [0, 0.05) is 31.4 Å². The maximum absolute atomic E-state index is 13.2. The summed E-state index contributed by atoms with van der Waals surface area (Å²) in [4.78, 5) is 17.4. The number of carbonyl (C=O) groups is 1. The number of alkyl halides is 4. The van der Waals surface area contributed by atoms with Crippen LogP contribution >= 0.6 is 22.6 Å². The van der Waals surface area contributed by atoms with Crippen molar-refractivity contribution in [3.8, 4) is 0 Å². The normalized spacial score (nSPS) is 15.5. The highest BCUT2D eigenvalue weighted by Gasteiger charge is 2.31. The zero-order chi connectivity index (χ0) is 23.0. The minimum absolute atomic E-state index is 0.0434. The van der Waals surface area contributed by atoms with Crippen LogP contribution in [0.5, 0.6) is 0 Å². The van der Waals surface area contributed by atoms with E-state index in [2.05, 4.69) is 32.8 Å². The Hall–Kier alpha value is -1.81. The largest absolute Gasteiger partial charge is 0.416 e. The lowest BCUT2D eigenvalue weighted by Crippen LogP contribution is -2.48. The number of hydrogen-bond donors (Lipinski definition) is 1. The van der Waals surface area contributed by atoms with Gasteiger partial charge in [0.1, 0.15) is 0 Å². The summed E-state index contributed by atoms with van der Waals surface area (Å²) in [5.41, 5.74) is 0.375. The first-order chi connectivity index (χ1) is 15.4. The van der Waals surface area contributed by atoms with Gasteiger partial charge in [-0.2, -0.15) is 13.2 Å². The zero-order valence-corrected chi connectivity index (χ0v) is 20.1. The Morgan fingerprint density at radius 2 is 1.78 bits per heavy atom. The van der Waals surface area contributed by atoms with Crippen molar-refractivity contribution in [2.45, 2.75) is 44.4 Å². The smallest absolute Gasteiger partial charge is 0.317 e. The fourth-order valence-electron chi connectivity index (χ4n) is 4.00. The van der Waals surface area contributed by atoms with Crippen LogP contribution in [0.3, 0.4) is 0 Å². The maximum atomic E-state index is 13.2. The Kier molecular flexibility index (Phi) is 9.22. The summed E-state index contributed by atoms with van der Waals surface area (Å²) in [6.07, 6.45) is -0.355. The molecule has 0 radical (unpaired) electrons. The number of nitrogens with one attached hydrogen (secondary N) is 1. The van der Waals surface area contributed by atoms with Crippen molar-refractivity contribution >= 4 is 34.3 Å². The SMILES string of the molecule is O=C(Nc1cccc(C(F)(F)F)c1)N(Cc1ccccc1)C1CCN(CCCCI)CC1. The third-order valence-electron chi connectivity index (χ3n) is 5.75. The Morgan fingerprint density at radius 1 is 1.06 bits per heavy atom. The maximum Gasteiger partial charge on any atom is 0.416 e. The van der Waals surface area contributed by atoms with E-state index in [1.165, 1.54) is 25.0 Å². The van der Waals surface area contributed by atoms with Crippen molar-refractivity contribution in [2.75, 3.05) is 29.4 Å². The first-order valence-electron chi connectivity index (χ1n) is 10.9. The molecule has 32 heavy (non-hydrogen) atoms. The second-order valence-corrected chi connectivity index (χ2v) is 9.17. The molecule has 4 nitrogen and oxygen atoms in total. The van der Waals surface area contributed by atoms with Gasteiger partial charge in [0.2, 0.25) is 0 Å². The minimum atomic E-state index is -4.45. The summed E-state index contributed by atoms with van der Waals surface area (Å²) >= 11 is 2.39. The van der Waals surface area contributed by atoms with E-state index in [4.69, 9.17) is 0 Å². The standard InChI is InChI=1S/C24H29F3IN3O/c25-24(26,27)20-9-6-10-21(17-20)29-23(32)31(18-19-7-2-1-3-8-19)22-11-15-30(16-12-22)14-5-4-13-28/h1-3,6-10,17,22H,4-5,11-16,18H2,(H,29,32). The lowest BCUT2D eigenvalue weighted by atomic mass is 10.0. The summed E-state index contributed by atoms with van der Waals surface area (Å²) in [5, 5.41) is 2.70. The molecule has 0 bridgehead atoms. The van der Waals surface area contributed by atoms with Gasteiger partial charge in [-0.1, -0.05) is 59.0 Å². The molecule has 0 unspecified atom stereocenters. The highest BCUT2D eigenvalue weighted by molar-refractivity contribution is 14.1. The van der Waals surface area contributed by atoms with Gasteiger partial charge in [-0.15, -0.1) is 0 Å². The highest BCUT2D eigenvalue weighted by atomic mass is 127. The number of amides is 2. The molecule has 2 aromatic carbocycles. The summed E-state index contributed by atoms with van der Waals surface area (Å²) in [6.45, 7) is 3.35. The Balaban J connectivity index is 1.70. The molecule has 1 aliphatic rings. The molecule has 1 aliphatic heterocycles. The van der Waals surface area contributed by atoms with Gasteiger partial charge in [0.25, 0.3) is 0 Å². The van der Waals surface area contributed by atoms with E-state index in [0.717, 1.165) is 54.6 Å². The van der Waals surface area contributed by atoms with Gasteiger partial charge in [-0.25, -0.2) is 4.79 Å². The number of benzene rings is 2. The third kappa shape index (κ3) is 7.37. The molecule has 3 rings (SSSR count). The van der Waals surface area contributed by atoms with E-state index in [-0.39, 0.29) is 17.8 Å². The first kappa shape index (κ1) is 24.8. The predicted molar refractivity (Wildman–Crippen MR) is 130 cm³/mol. The van der Waals surface area contributed by atoms with Crippen molar-refractivity contribution in [1.82, 2.24) is 9.80 Å². The lowest BCUT2D eigenvalue weighted by molar-refractivity contribution is -0.137. The van der Waals surface area contributed by atoms with Crippen LogP contribution in [0.2, 0.25) is 0 Å². The van der Waals surface area contributed by atoms with Crippen LogP contribution < -0.4 is 5.32 Å². The number of nitrogens with zero attached hydrogens (tertiary/aromatic N) is 2. The van der Waals surface area contributed by atoms with E-state index < -0.39 is 11.7 Å². The summed E-state index contributed by atoms with van der Waals surface area (Å²) in [5.74, 6) is 0. The Bertz CT molecular complexity index is 855. The molecule has 1 saturated heterocycles. The number of unbranched alkanes of at least 4 members (excludes halogenated alkanes) is 1. The van der Waals surface area contributed by atoms with Crippen molar-refractivity contribution in [1.29, 1.82) is 0 Å². The highest BCUT2D eigenvalue weighted by Crippen LogP contribution is 2.31. The number of piperidine rings is 1. The molecule has 0 atom stereocenters. The monoisotopic (exact) mass is 559 g/mol.